The maximum absolute atomic E-state index is 11.9. The molecule has 21 heavy (non-hydrogen) atoms. The second-order valence-electron chi connectivity index (χ2n) is 5.57. The smallest absolute Gasteiger partial charge is 0.421 e. The first kappa shape index (κ1) is 16.9. The van der Waals surface area contributed by atoms with Crippen LogP contribution in [0.15, 0.2) is 11.6 Å². The highest BCUT2D eigenvalue weighted by Gasteiger charge is 2.31. The zero-order chi connectivity index (χ0) is 16.0. The molecule has 0 bridgehead atoms. The Morgan fingerprint density at radius 2 is 2.10 bits per heavy atom. The fourth-order valence-corrected chi connectivity index (χ4v) is 1.81. The van der Waals surface area contributed by atoms with Gasteiger partial charge in [0.1, 0.15) is 5.60 Å². The maximum Gasteiger partial charge on any atom is 0.421 e. The first-order valence-corrected chi connectivity index (χ1v) is 6.85. The van der Waals surface area contributed by atoms with E-state index < -0.39 is 17.7 Å². The third kappa shape index (κ3) is 5.04. The van der Waals surface area contributed by atoms with Crippen molar-refractivity contribution in [2.75, 3.05) is 19.7 Å². The minimum absolute atomic E-state index is 0.110. The topological polar surface area (TPSA) is 92.2 Å². The van der Waals surface area contributed by atoms with Crippen LogP contribution in [0.1, 0.15) is 34.1 Å². The zero-order valence-electron chi connectivity index (χ0n) is 12.9. The monoisotopic (exact) mass is 295 g/mol. The Balaban J connectivity index is 2.71. The molecule has 0 aromatic rings. The molecule has 0 radical (unpaired) electrons. The molecule has 1 amide bonds. The second kappa shape index (κ2) is 7.04. The van der Waals surface area contributed by atoms with Gasteiger partial charge in [-0.2, -0.15) is 4.79 Å². The molecule has 1 aliphatic rings. The van der Waals surface area contributed by atoms with Gasteiger partial charge in [-0.1, -0.05) is 6.08 Å². The number of nitrogens with zero attached hydrogens (tertiary/aromatic N) is 3. The lowest BCUT2D eigenvalue weighted by atomic mass is 10.0. The number of hydrogen-bond acceptors (Lipinski definition) is 4. The van der Waals surface area contributed by atoms with Crippen LogP contribution in [-0.2, 0) is 14.3 Å². The van der Waals surface area contributed by atoms with Crippen molar-refractivity contribution < 1.29 is 23.9 Å². The van der Waals surface area contributed by atoms with Gasteiger partial charge < -0.3 is 19.9 Å². The lowest BCUT2D eigenvalue weighted by molar-refractivity contribution is -0.139. The zero-order valence-corrected chi connectivity index (χ0v) is 12.9. The van der Waals surface area contributed by atoms with Crippen molar-refractivity contribution in [3.63, 3.8) is 0 Å². The van der Waals surface area contributed by atoms with Crippen LogP contribution < -0.4 is 0 Å². The van der Waals surface area contributed by atoms with E-state index in [1.165, 1.54) is 4.90 Å². The predicted molar refractivity (Wildman–Crippen MR) is 75.8 cm³/mol. The van der Waals surface area contributed by atoms with E-state index >= 15 is 0 Å². The molecule has 1 rings (SSSR count). The third-order valence-corrected chi connectivity index (χ3v) is 2.73. The molecule has 0 unspecified atom stereocenters. The largest absolute Gasteiger partial charge is 0.457 e. The minimum atomic E-state index is -0.669. The van der Waals surface area contributed by atoms with Crippen molar-refractivity contribution in [3.8, 4) is 0 Å². The average Bonchev–Trinajstić information content (AvgIpc) is 2.38. The molecule has 0 atom stereocenters. The molecule has 0 fully saturated rings. The molecule has 0 aliphatic carbocycles. The molecule has 1 heterocycles. The SMILES string of the molecule is CCOC(=O)C(=[N+]=[N-])C1=CCN(C(=O)OC(C)(C)C)CC1. The highest BCUT2D eigenvalue weighted by Crippen LogP contribution is 2.16. The maximum atomic E-state index is 11.9. The average molecular weight is 295 g/mol. The summed E-state index contributed by atoms with van der Waals surface area (Å²) in [5, 5.41) is 0. The summed E-state index contributed by atoms with van der Waals surface area (Å²) in [6.07, 6.45) is 1.66. The van der Waals surface area contributed by atoms with E-state index in [4.69, 9.17) is 15.0 Å². The van der Waals surface area contributed by atoms with Crippen LogP contribution in [0.5, 0.6) is 0 Å². The number of carbonyl (C=O) groups excluding carboxylic acids is 2. The summed E-state index contributed by atoms with van der Waals surface area (Å²) in [6, 6.07) is 0. The molecule has 1 aliphatic heterocycles. The molecule has 0 spiro atoms. The van der Waals surface area contributed by atoms with Gasteiger partial charge in [-0.3, -0.25) is 0 Å². The molecule has 7 nitrogen and oxygen atoms in total. The van der Waals surface area contributed by atoms with Crippen molar-refractivity contribution in [1.29, 1.82) is 0 Å². The number of ether oxygens (including phenoxy) is 2. The first-order chi connectivity index (χ1) is 9.78. The molecule has 0 aromatic carbocycles. The standard InChI is InChI=1S/C14H21N3O4/c1-5-20-12(18)11(16-15)10-6-8-17(9-7-10)13(19)21-14(2,3)4/h6H,5,7-9H2,1-4H3. The Morgan fingerprint density at radius 3 is 2.52 bits per heavy atom. The third-order valence-electron chi connectivity index (χ3n) is 2.73. The highest BCUT2D eigenvalue weighted by atomic mass is 16.6. The Hall–Kier alpha value is -2.14. The van der Waals surface area contributed by atoms with Gasteiger partial charge in [-0.25, -0.2) is 9.59 Å². The van der Waals surface area contributed by atoms with Gasteiger partial charge in [0, 0.05) is 18.7 Å². The Bertz CT molecular complexity index is 499. The normalized spacial score (nSPS) is 14.9. The summed E-state index contributed by atoms with van der Waals surface area (Å²) in [7, 11) is 0. The molecule has 7 heteroatoms. The lowest BCUT2D eigenvalue weighted by Crippen LogP contribution is -2.40. The minimum Gasteiger partial charge on any atom is -0.457 e. The molecule has 0 saturated carbocycles. The first-order valence-electron chi connectivity index (χ1n) is 6.85. The van der Waals surface area contributed by atoms with E-state index in [0.29, 0.717) is 25.1 Å². The Morgan fingerprint density at radius 1 is 1.43 bits per heavy atom. The van der Waals surface area contributed by atoms with Crippen molar-refractivity contribution in [2.45, 2.75) is 39.7 Å². The van der Waals surface area contributed by atoms with Gasteiger partial charge in [0.25, 0.3) is 0 Å². The number of amides is 1. The van der Waals surface area contributed by atoms with Crippen LogP contribution in [0.3, 0.4) is 0 Å². The molecule has 0 aromatic heterocycles. The van der Waals surface area contributed by atoms with E-state index in [0.717, 1.165) is 0 Å². The fraction of sp³-hybridized carbons (Fsp3) is 0.643. The Labute approximate surface area is 124 Å². The quantitative estimate of drug-likeness (QED) is 0.343. The van der Waals surface area contributed by atoms with Crippen molar-refractivity contribution in [3.05, 3.63) is 17.2 Å². The summed E-state index contributed by atoms with van der Waals surface area (Å²) in [4.78, 5) is 28.0. The van der Waals surface area contributed by atoms with E-state index in [1.807, 2.05) is 0 Å². The van der Waals surface area contributed by atoms with Gasteiger partial charge in [-0.15, -0.1) is 0 Å². The summed E-state index contributed by atoms with van der Waals surface area (Å²) in [5.41, 5.74) is 8.85. The molecule has 116 valence electrons. The molecular formula is C14H21N3O4. The predicted octanol–water partition coefficient (Wildman–Crippen LogP) is 1.79. The van der Waals surface area contributed by atoms with Crippen molar-refractivity contribution >= 4 is 17.8 Å². The van der Waals surface area contributed by atoms with Crippen LogP contribution in [0.4, 0.5) is 4.79 Å². The van der Waals surface area contributed by atoms with Crippen LogP contribution in [-0.4, -0.2) is 52.8 Å². The van der Waals surface area contributed by atoms with Gasteiger partial charge in [0.05, 0.1) is 6.61 Å². The summed E-state index contributed by atoms with van der Waals surface area (Å²) in [5.74, 6) is -0.669. The van der Waals surface area contributed by atoms with Crippen molar-refractivity contribution in [1.82, 2.24) is 4.90 Å². The van der Waals surface area contributed by atoms with Gasteiger partial charge in [-0.05, 0) is 34.1 Å². The van der Waals surface area contributed by atoms with E-state index in [2.05, 4.69) is 4.79 Å². The second-order valence-corrected chi connectivity index (χ2v) is 5.57. The summed E-state index contributed by atoms with van der Waals surface area (Å²) in [6.45, 7) is 7.96. The van der Waals surface area contributed by atoms with Crippen LogP contribution >= 0.6 is 0 Å². The number of rotatable bonds is 3. The van der Waals surface area contributed by atoms with Crippen LogP contribution in [0.2, 0.25) is 0 Å². The highest BCUT2D eigenvalue weighted by molar-refractivity contribution is 6.40. The van der Waals surface area contributed by atoms with E-state index in [9.17, 15) is 9.59 Å². The molecule has 0 N–H and O–H groups in total. The van der Waals surface area contributed by atoms with Gasteiger partial charge in [0.2, 0.25) is 0 Å². The van der Waals surface area contributed by atoms with Crippen LogP contribution in [0.25, 0.3) is 5.53 Å². The van der Waals surface area contributed by atoms with Crippen LogP contribution in [0, 0.1) is 0 Å². The summed E-state index contributed by atoms with van der Waals surface area (Å²) >= 11 is 0. The van der Waals surface area contributed by atoms with E-state index in [1.54, 1.807) is 33.8 Å². The Kier molecular flexibility index (Phi) is 5.67. The summed E-state index contributed by atoms with van der Waals surface area (Å²) < 4.78 is 10.1. The molecular weight excluding hydrogens is 274 g/mol. The number of hydrogen-bond donors (Lipinski definition) is 0. The van der Waals surface area contributed by atoms with Gasteiger partial charge in [0.15, 0.2) is 0 Å². The lowest BCUT2D eigenvalue weighted by Gasteiger charge is -2.28. The molecule has 0 saturated heterocycles. The van der Waals surface area contributed by atoms with Gasteiger partial charge >= 0.3 is 17.8 Å². The number of carbonyl (C=O) groups is 2. The fourth-order valence-electron chi connectivity index (χ4n) is 1.81. The van der Waals surface area contributed by atoms with E-state index in [-0.39, 0.29) is 12.3 Å². The van der Waals surface area contributed by atoms with Crippen molar-refractivity contribution in [2.24, 2.45) is 0 Å². The number of esters is 1.